The molecule has 4 fully saturated rings. The minimum absolute atomic E-state index is 0.482. The fourth-order valence-electron chi connectivity index (χ4n) is 5.25. The Kier molecular flexibility index (Phi) is 14.9. The van der Waals surface area contributed by atoms with Crippen LogP contribution in [0.15, 0.2) is 60.7 Å². The number of urea groups is 4. The molecule has 2 aromatic carbocycles. The van der Waals surface area contributed by atoms with Crippen molar-refractivity contribution in [2.45, 2.75) is 44.9 Å². The summed E-state index contributed by atoms with van der Waals surface area (Å²) >= 11 is 0. The average molecular weight is 777 g/mol. The minimum atomic E-state index is -0.927. The third-order valence-electron chi connectivity index (χ3n) is 8.58. The van der Waals surface area contributed by atoms with Gasteiger partial charge in [0.1, 0.15) is 23.7 Å². The Morgan fingerprint density at radius 1 is 0.500 bits per heavy atom. The Labute approximate surface area is 319 Å². The smallest absolute Gasteiger partial charge is 0.277 e. The summed E-state index contributed by atoms with van der Waals surface area (Å²) in [4.78, 5) is 137. The van der Waals surface area contributed by atoms with Gasteiger partial charge in [0.15, 0.2) is 0 Å². The third kappa shape index (κ3) is 10.5. The van der Waals surface area contributed by atoms with Gasteiger partial charge in [-0.2, -0.15) is 0 Å². The number of unbranched alkanes of at least 4 members (excludes halogenated alkanes) is 1. The fraction of sp³-hybridized carbons (Fsp3) is 0.333. The lowest BCUT2D eigenvalue weighted by Crippen LogP contribution is -2.55. The molecular formula is C36H40N8O12. The van der Waals surface area contributed by atoms with Gasteiger partial charge in [-0.1, -0.05) is 80.4 Å². The molecule has 0 aromatic heterocycles. The van der Waals surface area contributed by atoms with Gasteiger partial charge < -0.3 is 0 Å². The van der Waals surface area contributed by atoms with Crippen molar-refractivity contribution in [3.63, 3.8) is 0 Å². The molecule has 20 heteroatoms. The van der Waals surface area contributed by atoms with Crippen LogP contribution in [0.25, 0.3) is 0 Å². The van der Waals surface area contributed by atoms with E-state index in [4.69, 9.17) is 0 Å². The molecule has 1 unspecified atom stereocenters. The van der Waals surface area contributed by atoms with Gasteiger partial charge in [0, 0.05) is 21.1 Å². The van der Waals surface area contributed by atoms with Gasteiger partial charge in [0.05, 0.1) is 0 Å². The molecule has 0 saturated carbocycles. The zero-order chi connectivity index (χ0) is 41.9. The molecule has 4 aliphatic heterocycles. The molecule has 2 aromatic rings. The van der Waals surface area contributed by atoms with Gasteiger partial charge in [-0.3, -0.25) is 79.6 Å². The Bertz CT molecular complexity index is 1870. The predicted octanol–water partition coefficient (Wildman–Crippen LogP) is 0.446. The van der Waals surface area contributed by atoms with Crippen molar-refractivity contribution < 1.29 is 57.5 Å². The van der Waals surface area contributed by atoms with Crippen LogP contribution >= 0.6 is 0 Å². The zero-order valence-corrected chi connectivity index (χ0v) is 30.9. The maximum absolute atomic E-state index is 11.9. The lowest BCUT2D eigenvalue weighted by molar-refractivity contribution is -0.144. The number of nitrogens with one attached hydrogen (secondary N) is 5. The number of carbonyl (C=O) groups excluding carboxylic acids is 12. The molecule has 0 aliphatic carbocycles. The average Bonchev–Trinajstić information content (AvgIpc) is 3.16. The SMILES string of the molecule is CC1C(=O)NC(=O)NC1=O.CCCCC1C(=O)NC(=O)NC1=O.CN1C(=O)C(c2ccccc2)C(=O)N(C)C1=O.CN1C(=O)NC(=O)C(c2ccccc2)C1=O. The Morgan fingerprint density at radius 3 is 1.32 bits per heavy atom. The van der Waals surface area contributed by atoms with Gasteiger partial charge >= 0.3 is 24.1 Å². The van der Waals surface area contributed by atoms with Crippen LogP contribution in [-0.4, -0.2) is 107 Å². The van der Waals surface area contributed by atoms with Crippen molar-refractivity contribution in [2.24, 2.45) is 11.8 Å². The molecule has 0 radical (unpaired) electrons. The van der Waals surface area contributed by atoms with E-state index in [2.05, 4.69) is 16.0 Å². The summed E-state index contributed by atoms with van der Waals surface area (Å²) in [6.07, 6.45) is 2.23. The Hall–Kier alpha value is -7.12. The molecule has 4 saturated heterocycles. The first kappa shape index (κ1) is 43.3. The van der Waals surface area contributed by atoms with E-state index in [1.165, 1.54) is 28.1 Å². The van der Waals surface area contributed by atoms with Gasteiger partial charge in [0.25, 0.3) is 0 Å². The summed E-state index contributed by atoms with van der Waals surface area (Å²) in [6.45, 7) is 3.40. The van der Waals surface area contributed by atoms with Crippen molar-refractivity contribution in [1.82, 2.24) is 41.3 Å². The largest absolute Gasteiger partial charge is 0.332 e. The molecule has 296 valence electrons. The monoisotopic (exact) mass is 776 g/mol. The Balaban J connectivity index is 0.000000204. The molecule has 1 atom stereocenters. The maximum Gasteiger partial charge on any atom is 0.332 e. The number of imide groups is 8. The number of nitrogens with zero attached hydrogens (tertiary/aromatic N) is 3. The highest BCUT2D eigenvalue weighted by Gasteiger charge is 2.43. The first-order valence-electron chi connectivity index (χ1n) is 17.0. The second-order valence-electron chi connectivity index (χ2n) is 12.5. The van der Waals surface area contributed by atoms with E-state index in [0.29, 0.717) is 17.5 Å². The summed E-state index contributed by atoms with van der Waals surface area (Å²) in [7, 11) is 4.10. The predicted molar refractivity (Wildman–Crippen MR) is 191 cm³/mol. The van der Waals surface area contributed by atoms with Gasteiger partial charge in [-0.15, -0.1) is 0 Å². The molecule has 6 rings (SSSR count). The molecule has 16 amide bonds. The maximum atomic E-state index is 11.9. The van der Waals surface area contributed by atoms with Crippen LogP contribution in [0, 0.1) is 11.8 Å². The number of carbonyl (C=O) groups is 12. The molecule has 0 spiro atoms. The van der Waals surface area contributed by atoms with Crippen LogP contribution in [0.2, 0.25) is 0 Å². The van der Waals surface area contributed by atoms with E-state index in [1.54, 1.807) is 60.7 Å². The highest BCUT2D eigenvalue weighted by atomic mass is 16.2. The standard InChI is InChI=1S/C12H12N2O3.C11H10N2O3.C8H12N2O3.C5H6N2O3/c1-13-10(15)9(8-6-4-3-5-7-8)11(16)14(2)12(13)17;1-13-10(15)8(9(14)12-11(13)16)7-5-3-2-4-6-7;1-2-3-4-5-6(11)9-8(13)10-7(5)12;1-2-3(8)6-5(10)7-4(2)9/h3-7,9H,1-2H3;2-6,8H,1H3,(H,12,14,16);5H,2-4H2,1H3,(H2,9,10,11,12,13);2H,1H3,(H2,6,7,8,9,10). The molecule has 56 heavy (non-hydrogen) atoms. The number of rotatable bonds is 5. The second kappa shape index (κ2) is 19.3. The molecule has 5 N–H and O–H groups in total. The lowest BCUT2D eigenvalue weighted by Gasteiger charge is -2.32. The summed E-state index contributed by atoms with van der Waals surface area (Å²) in [5.74, 6) is -7.40. The van der Waals surface area contributed by atoms with Crippen LogP contribution in [-0.2, 0) is 38.4 Å². The quantitative estimate of drug-likeness (QED) is 0.259. The first-order valence-corrected chi connectivity index (χ1v) is 17.0. The van der Waals surface area contributed by atoms with E-state index < -0.39 is 95.1 Å². The molecular weight excluding hydrogens is 736 g/mol. The highest BCUT2D eigenvalue weighted by Crippen LogP contribution is 2.25. The molecule has 20 nitrogen and oxygen atoms in total. The van der Waals surface area contributed by atoms with Crippen molar-refractivity contribution in [3.05, 3.63) is 71.8 Å². The number of hydrogen-bond acceptors (Lipinski definition) is 12. The number of amides is 16. The van der Waals surface area contributed by atoms with Crippen molar-refractivity contribution in [1.29, 1.82) is 0 Å². The second-order valence-corrected chi connectivity index (χ2v) is 12.5. The van der Waals surface area contributed by atoms with E-state index in [1.807, 2.05) is 17.6 Å². The molecule has 4 aliphatic rings. The van der Waals surface area contributed by atoms with Crippen molar-refractivity contribution in [2.75, 3.05) is 21.1 Å². The fourth-order valence-corrected chi connectivity index (χ4v) is 5.25. The summed E-state index contributed by atoms with van der Waals surface area (Å²) in [6, 6.07) is 14.7. The van der Waals surface area contributed by atoms with Crippen LogP contribution in [0.3, 0.4) is 0 Å². The van der Waals surface area contributed by atoms with Crippen molar-refractivity contribution >= 4 is 71.4 Å². The summed E-state index contributed by atoms with van der Waals surface area (Å²) in [5, 5.41) is 10.2. The van der Waals surface area contributed by atoms with Gasteiger partial charge in [0.2, 0.25) is 47.3 Å². The molecule has 0 bridgehead atoms. The van der Waals surface area contributed by atoms with Crippen LogP contribution in [0.4, 0.5) is 19.2 Å². The normalized spacial score (nSPS) is 19.3. The lowest BCUT2D eigenvalue weighted by atomic mass is 9.95. The third-order valence-corrected chi connectivity index (χ3v) is 8.58. The topological polar surface area (TPSA) is 275 Å². The van der Waals surface area contributed by atoms with Crippen LogP contribution in [0.5, 0.6) is 0 Å². The summed E-state index contributed by atoms with van der Waals surface area (Å²) < 4.78 is 0. The highest BCUT2D eigenvalue weighted by molar-refractivity contribution is 6.20. The number of benzene rings is 2. The molecule has 4 heterocycles. The van der Waals surface area contributed by atoms with E-state index in [-0.39, 0.29) is 0 Å². The zero-order valence-electron chi connectivity index (χ0n) is 30.9. The van der Waals surface area contributed by atoms with Crippen molar-refractivity contribution in [3.8, 4) is 0 Å². The van der Waals surface area contributed by atoms with Gasteiger partial charge in [-0.25, -0.2) is 19.2 Å². The number of barbiturate groups is 4. The number of hydrogen-bond donors (Lipinski definition) is 5. The minimum Gasteiger partial charge on any atom is -0.277 e. The first-order chi connectivity index (χ1) is 26.4. The van der Waals surface area contributed by atoms with Gasteiger partial charge in [-0.05, 0) is 24.5 Å². The van der Waals surface area contributed by atoms with Crippen LogP contribution in [0.1, 0.15) is 56.1 Å². The van der Waals surface area contributed by atoms with Crippen LogP contribution < -0.4 is 26.6 Å². The number of likely N-dealkylation sites (N-methyl/N-ethyl adjacent to an activating group) is 3. The van der Waals surface area contributed by atoms with E-state index in [9.17, 15) is 57.5 Å². The van der Waals surface area contributed by atoms with E-state index >= 15 is 0 Å². The van der Waals surface area contributed by atoms with E-state index in [0.717, 1.165) is 27.5 Å². The summed E-state index contributed by atoms with van der Waals surface area (Å²) in [5.41, 5.74) is 1.19. The Morgan fingerprint density at radius 2 is 0.893 bits per heavy atom.